The van der Waals surface area contributed by atoms with Crippen molar-refractivity contribution >= 4 is 33.4 Å². The number of thiophene rings is 1. The van der Waals surface area contributed by atoms with Crippen LogP contribution in [0, 0.1) is 12.1 Å². The summed E-state index contributed by atoms with van der Waals surface area (Å²) < 4.78 is 13.7. The number of rotatable bonds is 7. The zero-order valence-electron chi connectivity index (χ0n) is 19.9. The van der Waals surface area contributed by atoms with E-state index in [0.717, 1.165) is 66.6 Å². The maximum absolute atomic E-state index is 13.7. The summed E-state index contributed by atoms with van der Waals surface area (Å²) in [7, 11) is 0. The van der Waals surface area contributed by atoms with Crippen LogP contribution in [0.25, 0.3) is 33.4 Å². The van der Waals surface area contributed by atoms with Crippen LogP contribution in [0.3, 0.4) is 0 Å². The molecule has 4 heterocycles. The Labute approximate surface area is 204 Å². The number of H-pyrrole nitrogens is 2. The zero-order chi connectivity index (χ0) is 24.7. The van der Waals surface area contributed by atoms with Gasteiger partial charge in [0.15, 0.2) is 5.13 Å². The summed E-state index contributed by atoms with van der Waals surface area (Å²) in [6.45, 7) is 15.5. The Morgan fingerprint density at radius 1 is 1.15 bits per heavy atom. The maximum Gasteiger partial charge on any atom is 0.176 e. The van der Waals surface area contributed by atoms with Gasteiger partial charge < -0.3 is 4.98 Å². The first-order valence-electron chi connectivity index (χ1n) is 11.1. The number of halogens is 1. The number of aromatic amines is 2. The second-order valence-electron chi connectivity index (χ2n) is 7.17. The number of nitrogens with one attached hydrogen (secondary N) is 2. The van der Waals surface area contributed by atoms with Crippen molar-refractivity contribution in [3.63, 3.8) is 0 Å². The molecule has 0 aliphatic rings. The van der Waals surface area contributed by atoms with E-state index in [1.165, 1.54) is 6.07 Å². The topological polar surface area (TPSA) is 57.4 Å². The second kappa shape index (κ2) is 11.4. The third kappa shape index (κ3) is 5.07. The highest BCUT2D eigenvalue weighted by Gasteiger charge is 2.17. The van der Waals surface area contributed by atoms with E-state index < -0.39 is 0 Å². The van der Waals surface area contributed by atoms with Gasteiger partial charge in [-0.15, -0.1) is 11.3 Å². The zero-order valence-corrected chi connectivity index (χ0v) is 20.8. The van der Waals surface area contributed by atoms with Gasteiger partial charge in [0.05, 0.1) is 23.1 Å². The van der Waals surface area contributed by atoms with Crippen molar-refractivity contribution in [1.82, 2.24) is 20.2 Å². The Morgan fingerprint density at radius 3 is 2.59 bits per heavy atom. The standard InChI is InChI=1S/C26H23FN4S.C2H6/c1-5-8-10-17(7-3)21-14-20-23(15-28-21)30-31-26(20)22-13-19(16(4)29-22)18(9-6-2)24-11-12-25(27)32-24;1-2/h5-15,29H,1-2H2,3-4H3,(H,30,31);1-2H3/b10-8-,17-7+,18-9+;. The molecule has 0 saturated carbocycles. The van der Waals surface area contributed by atoms with Crippen molar-refractivity contribution in [3.05, 3.63) is 107 Å². The highest BCUT2D eigenvalue weighted by molar-refractivity contribution is 7.11. The molecule has 0 amide bonds. The SMILES string of the molecule is C=C/C=C\C(=C/C)c1cc2c(-c3cc(/C(=C\C=C)c4ccc(F)s4)c(C)[nH]3)n[nH]c2cn1.CC. The Balaban J connectivity index is 0.00000158. The lowest BCUT2D eigenvalue weighted by Gasteiger charge is -2.03. The molecule has 0 saturated heterocycles. The Morgan fingerprint density at radius 2 is 1.94 bits per heavy atom. The third-order valence-corrected chi connectivity index (χ3v) is 6.06. The molecule has 174 valence electrons. The van der Waals surface area contributed by atoms with Crippen molar-refractivity contribution in [2.75, 3.05) is 0 Å². The Hall–Kier alpha value is -3.77. The first-order valence-corrected chi connectivity index (χ1v) is 12.0. The predicted molar refractivity (Wildman–Crippen MR) is 144 cm³/mol. The molecule has 0 bridgehead atoms. The van der Waals surface area contributed by atoms with Crippen molar-refractivity contribution in [2.24, 2.45) is 0 Å². The van der Waals surface area contributed by atoms with Gasteiger partial charge in [-0.3, -0.25) is 10.1 Å². The molecule has 0 radical (unpaired) electrons. The molecule has 4 rings (SSSR count). The lowest BCUT2D eigenvalue weighted by molar-refractivity contribution is 0.657. The lowest BCUT2D eigenvalue weighted by Crippen LogP contribution is -1.87. The van der Waals surface area contributed by atoms with E-state index in [0.29, 0.717) is 0 Å². The summed E-state index contributed by atoms with van der Waals surface area (Å²) in [6, 6.07) is 7.35. The predicted octanol–water partition coefficient (Wildman–Crippen LogP) is 8.25. The van der Waals surface area contributed by atoms with E-state index in [9.17, 15) is 4.39 Å². The monoisotopic (exact) mass is 472 g/mol. The quantitative estimate of drug-likeness (QED) is 0.266. The minimum Gasteiger partial charge on any atom is -0.357 e. The largest absolute Gasteiger partial charge is 0.357 e. The normalized spacial score (nSPS) is 12.1. The fourth-order valence-electron chi connectivity index (χ4n) is 3.63. The van der Waals surface area contributed by atoms with Gasteiger partial charge in [-0.25, -0.2) is 0 Å². The van der Waals surface area contributed by atoms with E-state index >= 15 is 0 Å². The molecular weight excluding hydrogens is 443 g/mol. The first kappa shape index (κ1) is 24.9. The lowest BCUT2D eigenvalue weighted by atomic mass is 10.0. The van der Waals surface area contributed by atoms with Crippen molar-refractivity contribution < 1.29 is 4.39 Å². The van der Waals surface area contributed by atoms with Crippen LogP contribution in [0.15, 0.2) is 80.1 Å². The highest BCUT2D eigenvalue weighted by Crippen LogP contribution is 2.35. The van der Waals surface area contributed by atoms with Gasteiger partial charge in [-0.05, 0) is 43.7 Å². The number of aryl methyl sites for hydroxylation is 1. The summed E-state index contributed by atoms with van der Waals surface area (Å²) in [6.07, 6.45) is 13.0. The highest BCUT2D eigenvalue weighted by atomic mass is 32.1. The van der Waals surface area contributed by atoms with Gasteiger partial charge in [0, 0.05) is 27.1 Å². The minimum atomic E-state index is -0.216. The summed E-state index contributed by atoms with van der Waals surface area (Å²) in [5.41, 5.74) is 7.24. The van der Waals surface area contributed by atoms with E-state index in [1.807, 2.05) is 64.1 Å². The number of aromatic nitrogens is 4. The Kier molecular flexibility index (Phi) is 8.33. The van der Waals surface area contributed by atoms with Gasteiger partial charge in [0.25, 0.3) is 0 Å². The molecule has 0 aliphatic heterocycles. The van der Waals surface area contributed by atoms with Gasteiger partial charge in [-0.2, -0.15) is 9.49 Å². The van der Waals surface area contributed by atoms with Gasteiger partial charge in [0.2, 0.25) is 0 Å². The van der Waals surface area contributed by atoms with Gasteiger partial charge in [-0.1, -0.05) is 63.5 Å². The van der Waals surface area contributed by atoms with Crippen LogP contribution in [0.4, 0.5) is 4.39 Å². The number of pyridine rings is 1. The minimum absolute atomic E-state index is 0.216. The van der Waals surface area contributed by atoms with Gasteiger partial charge >= 0.3 is 0 Å². The molecule has 0 unspecified atom stereocenters. The van der Waals surface area contributed by atoms with E-state index in [4.69, 9.17) is 0 Å². The summed E-state index contributed by atoms with van der Waals surface area (Å²) in [5, 5.41) is 8.36. The molecule has 0 aliphatic carbocycles. The Bertz CT molecular complexity index is 1390. The molecule has 0 fully saturated rings. The van der Waals surface area contributed by atoms with Gasteiger partial charge in [0.1, 0.15) is 5.69 Å². The number of allylic oxidation sites excluding steroid dienone is 7. The smallest absolute Gasteiger partial charge is 0.176 e. The van der Waals surface area contributed by atoms with E-state index in [2.05, 4.69) is 33.3 Å². The average molecular weight is 473 g/mol. The molecule has 2 N–H and O–H groups in total. The van der Waals surface area contributed by atoms with Crippen LogP contribution in [0.1, 0.15) is 42.6 Å². The summed E-state index contributed by atoms with van der Waals surface area (Å²) >= 11 is 1.12. The third-order valence-electron chi connectivity index (χ3n) is 5.15. The molecule has 4 aromatic heterocycles. The van der Waals surface area contributed by atoms with Crippen LogP contribution in [-0.2, 0) is 0 Å². The number of hydrogen-bond acceptors (Lipinski definition) is 3. The molecule has 34 heavy (non-hydrogen) atoms. The van der Waals surface area contributed by atoms with Crippen LogP contribution in [0.2, 0.25) is 0 Å². The molecule has 0 aromatic carbocycles. The van der Waals surface area contributed by atoms with Crippen LogP contribution < -0.4 is 0 Å². The maximum atomic E-state index is 13.7. The number of fused-ring (bicyclic) bond motifs is 1. The second-order valence-corrected chi connectivity index (χ2v) is 8.20. The molecule has 0 atom stereocenters. The first-order chi connectivity index (χ1) is 16.5. The summed E-state index contributed by atoms with van der Waals surface area (Å²) in [5.74, 6) is 0. The number of nitrogens with zero attached hydrogens (tertiary/aromatic N) is 2. The van der Waals surface area contributed by atoms with Crippen molar-refractivity contribution in [2.45, 2.75) is 27.7 Å². The molecule has 4 aromatic rings. The average Bonchev–Trinajstić information content (AvgIpc) is 3.57. The molecule has 6 heteroatoms. The van der Waals surface area contributed by atoms with Crippen molar-refractivity contribution in [1.29, 1.82) is 0 Å². The molecule has 4 nitrogen and oxygen atoms in total. The van der Waals surface area contributed by atoms with Crippen LogP contribution in [-0.4, -0.2) is 20.2 Å². The van der Waals surface area contributed by atoms with E-state index in [-0.39, 0.29) is 5.13 Å². The molecular formula is C28H29FN4S. The van der Waals surface area contributed by atoms with Crippen LogP contribution >= 0.6 is 11.3 Å². The number of hydrogen-bond donors (Lipinski definition) is 2. The fourth-order valence-corrected chi connectivity index (χ4v) is 4.40. The summed E-state index contributed by atoms with van der Waals surface area (Å²) in [4.78, 5) is 8.86. The van der Waals surface area contributed by atoms with Crippen LogP contribution in [0.5, 0.6) is 0 Å². The fraction of sp³-hybridized carbons (Fsp3) is 0.143. The van der Waals surface area contributed by atoms with Crippen molar-refractivity contribution in [3.8, 4) is 11.4 Å². The molecule has 0 spiro atoms. The van der Waals surface area contributed by atoms with E-state index in [1.54, 1.807) is 24.4 Å².